The monoisotopic (exact) mass is 259 g/mol. The lowest BCUT2D eigenvalue weighted by atomic mass is 10.1. The van der Waals surface area contributed by atoms with E-state index in [1.54, 1.807) is 10.8 Å². The summed E-state index contributed by atoms with van der Waals surface area (Å²) < 4.78 is 0. The van der Waals surface area contributed by atoms with Crippen LogP contribution in [0.4, 0.5) is 0 Å². The molecule has 0 aliphatic heterocycles. The molecule has 91 valence electrons. The molecule has 2 rings (SSSR count). The second-order valence-electron chi connectivity index (χ2n) is 7.17. The minimum atomic E-state index is -1.23. The smallest absolute Gasteiger partial charge is 0.0688 e. The summed E-state index contributed by atoms with van der Waals surface area (Å²) in [5.41, 5.74) is 3.64. The van der Waals surface area contributed by atoms with Gasteiger partial charge in [-0.3, -0.25) is 0 Å². The van der Waals surface area contributed by atoms with Crippen LogP contribution >= 0.6 is 0 Å². The first kappa shape index (κ1) is 12.8. The maximum absolute atomic E-state index is 3.63. The third kappa shape index (κ3) is 2.33. The lowest BCUT2D eigenvalue weighted by Crippen LogP contribution is -2.40. The van der Waals surface area contributed by atoms with Crippen molar-refractivity contribution in [1.82, 2.24) is 0 Å². The second kappa shape index (κ2) is 3.96. The quantitative estimate of drug-likeness (QED) is 0.704. The Labute approximate surface area is 108 Å². The minimum absolute atomic E-state index is 0.591. The number of rotatable bonds is 2. The Morgan fingerprint density at radius 2 is 1.65 bits per heavy atom. The molecular formula is C15H23Si2. The summed E-state index contributed by atoms with van der Waals surface area (Å²) in [6, 6.07) is 6.90. The highest BCUT2D eigenvalue weighted by molar-refractivity contribution is 6.89. The van der Waals surface area contributed by atoms with Gasteiger partial charge in [-0.05, 0) is 17.2 Å². The Morgan fingerprint density at radius 3 is 2.18 bits per heavy atom. The lowest BCUT2D eigenvalue weighted by Gasteiger charge is -2.26. The van der Waals surface area contributed by atoms with Crippen molar-refractivity contribution in [2.45, 2.75) is 44.8 Å². The summed E-state index contributed by atoms with van der Waals surface area (Å²) in [7, 11) is -2.42. The molecule has 0 bridgehead atoms. The van der Waals surface area contributed by atoms with Crippen LogP contribution < -0.4 is 5.19 Å². The molecule has 0 fully saturated rings. The minimum Gasteiger partial charge on any atom is -0.0688 e. The zero-order valence-electron chi connectivity index (χ0n) is 11.9. The maximum Gasteiger partial charge on any atom is 0.0783 e. The van der Waals surface area contributed by atoms with Crippen molar-refractivity contribution in [2.24, 2.45) is 0 Å². The van der Waals surface area contributed by atoms with Crippen molar-refractivity contribution in [3.8, 4) is 0 Å². The van der Waals surface area contributed by atoms with Gasteiger partial charge in [0.05, 0.1) is 16.1 Å². The molecule has 1 aromatic rings. The highest BCUT2D eigenvalue weighted by Gasteiger charge is 2.33. The van der Waals surface area contributed by atoms with Gasteiger partial charge in [-0.15, -0.1) is 0 Å². The molecule has 0 spiro atoms. The number of benzene rings is 1. The molecular weight excluding hydrogens is 236 g/mol. The average molecular weight is 260 g/mol. The van der Waals surface area contributed by atoms with Gasteiger partial charge in [0, 0.05) is 5.54 Å². The standard InChI is InChI=1S/C15H23Si2/c1-16(2,3)14-9-7-8-12-13(14)10-11-15(12)17(4,5)6/h7-10,15H,1-6H3. The molecule has 1 unspecified atom stereocenters. The van der Waals surface area contributed by atoms with E-state index in [1.165, 1.54) is 5.56 Å². The van der Waals surface area contributed by atoms with E-state index >= 15 is 0 Å². The van der Waals surface area contributed by atoms with Gasteiger partial charge in [0.25, 0.3) is 0 Å². The summed E-state index contributed by atoms with van der Waals surface area (Å²) in [4.78, 5) is 0. The molecule has 1 aliphatic carbocycles. The zero-order valence-corrected chi connectivity index (χ0v) is 13.9. The predicted octanol–water partition coefficient (Wildman–Crippen LogP) is 4.02. The third-order valence-electron chi connectivity index (χ3n) is 3.52. The Bertz CT molecular complexity index is 459. The average Bonchev–Trinajstić information content (AvgIpc) is 2.57. The normalized spacial score (nSPS) is 19.5. The number of hydrogen-bond acceptors (Lipinski definition) is 0. The fourth-order valence-corrected chi connectivity index (χ4v) is 6.01. The van der Waals surface area contributed by atoms with Gasteiger partial charge in [0.1, 0.15) is 0 Å². The van der Waals surface area contributed by atoms with E-state index < -0.39 is 16.1 Å². The molecule has 0 amide bonds. The molecule has 1 aliphatic rings. The van der Waals surface area contributed by atoms with Gasteiger partial charge in [-0.2, -0.15) is 0 Å². The molecule has 1 radical (unpaired) electrons. The van der Waals surface area contributed by atoms with E-state index in [2.05, 4.69) is 69.6 Å². The van der Waals surface area contributed by atoms with Crippen molar-refractivity contribution in [1.29, 1.82) is 0 Å². The maximum atomic E-state index is 3.63. The molecule has 0 N–H and O–H groups in total. The Balaban J connectivity index is 2.55. The highest BCUT2D eigenvalue weighted by atomic mass is 28.3. The van der Waals surface area contributed by atoms with Crippen LogP contribution in [-0.4, -0.2) is 16.1 Å². The first-order chi connectivity index (χ1) is 7.71. The molecule has 0 saturated carbocycles. The molecule has 0 saturated heterocycles. The van der Waals surface area contributed by atoms with Crippen LogP contribution in [0.2, 0.25) is 39.3 Å². The number of allylic oxidation sites excluding steroid dienone is 1. The van der Waals surface area contributed by atoms with Crippen molar-refractivity contribution >= 4 is 27.4 Å². The first-order valence-corrected chi connectivity index (χ1v) is 13.5. The Morgan fingerprint density at radius 1 is 1.00 bits per heavy atom. The van der Waals surface area contributed by atoms with Gasteiger partial charge in [0.2, 0.25) is 0 Å². The fraction of sp³-hybridized carbons (Fsp3) is 0.467. The van der Waals surface area contributed by atoms with Crippen molar-refractivity contribution < 1.29 is 0 Å². The van der Waals surface area contributed by atoms with Gasteiger partial charge in [0.15, 0.2) is 0 Å². The zero-order chi connectivity index (χ0) is 12.8. The Kier molecular flexibility index (Phi) is 2.99. The summed E-state index contributed by atoms with van der Waals surface area (Å²) in [5, 5.41) is 1.60. The van der Waals surface area contributed by atoms with Crippen molar-refractivity contribution in [3.05, 3.63) is 35.4 Å². The molecule has 17 heavy (non-hydrogen) atoms. The molecule has 1 atom stereocenters. The van der Waals surface area contributed by atoms with Crippen LogP contribution in [0.25, 0.3) is 6.08 Å². The van der Waals surface area contributed by atoms with Gasteiger partial charge in [-0.25, -0.2) is 0 Å². The van der Waals surface area contributed by atoms with E-state index in [4.69, 9.17) is 0 Å². The molecule has 1 aromatic carbocycles. The van der Waals surface area contributed by atoms with Crippen LogP contribution in [0.5, 0.6) is 0 Å². The number of fused-ring (bicyclic) bond motifs is 1. The lowest BCUT2D eigenvalue weighted by molar-refractivity contribution is 1.14. The molecule has 0 nitrogen and oxygen atoms in total. The van der Waals surface area contributed by atoms with Crippen LogP contribution in [0.1, 0.15) is 16.7 Å². The predicted molar refractivity (Wildman–Crippen MR) is 83.2 cm³/mol. The molecule has 0 aromatic heterocycles. The van der Waals surface area contributed by atoms with Gasteiger partial charge in [-0.1, -0.05) is 68.7 Å². The van der Waals surface area contributed by atoms with E-state index in [0.717, 1.165) is 0 Å². The van der Waals surface area contributed by atoms with Crippen LogP contribution in [0.15, 0.2) is 18.2 Å². The Hall–Kier alpha value is -0.606. The SMILES string of the molecule is C[Si](C)(C)c1cccc2c1C=[C]C2[Si](C)(C)C. The summed E-state index contributed by atoms with van der Waals surface area (Å²) in [6.45, 7) is 14.6. The fourth-order valence-electron chi connectivity index (χ4n) is 2.62. The topological polar surface area (TPSA) is 0 Å². The first-order valence-electron chi connectivity index (χ1n) is 6.44. The summed E-state index contributed by atoms with van der Waals surface area (Å²) in [6.07, 6.45) is 5.90. The molecule has 2 heteroatoms. The van der Waals surface area contributed by atoms with E-state index in [9.17, 15) is 0 Å². The second-order valence-corrected chi connectivity index (χ2v) is 17.5. The largest absolute Gasteiger partial charge is 0.0783 e. The van der Waals surface area contributed by atoms with E-state index in [0.29, 0.717) is 5.54 Å². The van der Waals surface area contributed by atoms with Crippen LogP contribution in [0.3, 0.4) is 0 Å². The van der Waals surface area contributed by atoms with Crippen molar-refractivity contribution in [3.63, 3.8) is 0 Å². The highest BCUT2D eigenvalue weighted by Crippen LogP contribution is 2.35. The van der Waals surface area contributed by atoms with Crippen molar-refractivity contribution in [2.75, 3.05) is 0 Å². The summed E-state index contributed by atoms with van der Waals surface area (Å²) in [5.74, 6) is 0. The van der Waals surface area contributed by atoms with Crippen LogP contribution in [0, 0.1) is 6.08 Å². The van der Waals surface area contributed by atoms with Crippen LogP contribution in [-0.2, 0) is 0 Å². The molecule has 0 heterocycles. The van der Waals surface area contributed by atoms with Gasteiger partial charge < -0.3 is 0 Å². The third-order valence-corrected chi connectivity index (χ3v) is 7.78. The van der Waals surface area contributed by atoms with E-state index in [1.807, 2.05) is 0 Å². The van der Waals surface area contributed by atoms with E-state index in [-0.39, 0.29) is 0 Å². The van der Waals surface area contributed by atoms with Gasteiger partial charge >= 0.3 is 0 Å². The number of hydrogen-bond donors (Lipinski definition) is 0. The summed E-state index contributed by atoms with van der Waals surface area (Å²) >= 11 is 0.